The van der Waals surface area contributed by atoms with Crippen LogP contribution in [0.1, 0.15) is 16.1 Å². The van der Waals surface area contributed by atoms with Gasteiger partial charge in [-0.1, -0.05) is 0 Å². The average molecular weight is 293 g/mol. The zero-order chi connectivity index (χ0) is 15.4. The van der Waals surface area contributed by atoms with Crippen LogP contribution in [0.25, 0.3) is 0 Å². The summed E-state index contributed by atoms with van der Waals surface area (Å²) in [6, 6.07) is 0. The molecule has 2 rings (SSSR count). The summed E-state index contributed by atoms with van der Waals surface area (Å²) >= 11 is 0. The molecule has 0 aliphatic carbocycles. The first-order valence-corrected chi connectivity index (χ1v) is 7.16. The molecule has 1 N–H and O–H groups in total. The van der Waals surface area contributed by atoms with Gasteiger partial charge in [0, 0.05) is 45.5 Å². The van der Waals surface area contributed by atoms with Crippen molar-refractivity contribution in [3.05, 3.63) is 17.5 Å². The summed E-state index contributed by atoms with van der Waals surface area (Å²) in [6.45, 7) is 7.55. The van der Waals surface area contributed by atoms with Crippen molar-refractivity contribution in [2.24, 2.45) is 0 Å². The molecule has 1 fully saturated rings. The van der Waals surface area contributed by atoms with Gasteiger partial charge in [-0.3, -0.25) is 4.90 Å². The Kier molecular flexibility index (Phi) is 5.08. The number of rotatable bonds is 5. The number of anilines is 1. The van der Waals surface area contributed by atoms with Gasteiger partial charge in [0.05, 0.1) is 11.3 Å². The fraction of sp³-hybridized carbons (Fsp3) is 0.643. The minimum atomic E-state index is -0.979. The predicted molar refractivity (Wildman–Crippen MR) is 80.9 cm³/mol. The molecule has 21 heavy (non-hydrogen) atoms. The molecule has 0 saturated carbocycles. The van der Waals surface area contributed by atoms with Gasteiger partial charge in [-0.05, 0) is 21.0 Å². The van der Waals surface area contributed by atoms with Gasteiger partial charge in [0.2, 0.25) is 5.95 Å². The molecule has 1 aliphatic heterocycles. The molecule has 1 aliphatic rings. The molecule has 0 radical (unpaired) electrons. The van der Waals surface area contributed by atoms with Gasteiger partial charge in [-0.25, -0.2) is 14.8 Å². The molecule has 2 heterocycles. The van der Waals surface area contributed by atoms with E-state index in [9.17, 15) is 4.79 Å². The SMILES string of the molecule is Cc1nc(N2CCN(CCN(C)C)CC2)ncc1C(=O)O. The minimum Gasteiger partial charge on any atom is -0.478 e. The maximum absolute atomic E-state index is 11.0. The van der Waals surface area contributed by atoms with Gasteiger partial charge < -0.3 is 14.9 Å². The molecule has 0 amide bonds. The summed E-state index contributed by atoms with van der Waals surface area (Å²) in [5.74, 6) is -0.350. The van der Waals surface area contributed by atoms with Gasteiger partial charge in [-0.2, -0.15) is 0 Å². The number of carboxylic acid groups (broad SMARTS) is 1. The third-order valence-corrected chi connectivity index (χ3v) is 3.72. The fourth-order valence-electron chi connectivity index (χ4n) is 2.33. The normalized spacial score (nSPS) is 16.5. The second kappa shape index (κ2) is 6.82. The average Bonchev–Trinajstić information content (AvgIpc) is 2.45. The Bertz CT molecular complexity index is 498. The monoisotopic (exact) mass is 293 g/mol. The lowest BCUT2D eigenvalue weighted by Crippen LogP contribution is -2.48. The Morgan fingerprint density at radius 2 is 2.00 bits per heavy atom. The Hall–Kier alpha value is -1.73. The van der Waals surface area contributed by atoms with Gasteiger partial charge in [0.25, 0.3) is 0 Å². The second-order valence-corrected chi connectivity index (χ2v) is 5.61. The zero-order valence-electron chi connectivity index (χ0n) is 12.9. The highest BCUT2D eigenvalue weighted by Gasteiger charge is 2.20. The molecule has 0 spiro atoms. The summed E-state index contributed by atoms with van der Waals surface area (Å²) in [4.78, 5) is 26.2. The van der Waals surface area contributed by atoms with Crippen molar-refractivity contribution in [1.82, 2.24) is 19.8 Å². The van der Waals surface area contributed by atoms with Gasteiger partial charge in [0.1, 0.15) is 0 Å². The van der Waals surface area contributed by atoms with E-state index in [-0.39, 0.29) is 5.56 Å². The molecule has 116 valence electrons. The van der Waals surface area contributed by atoms with Crippen LogP contribution in [0, 0.1) is 6.92 Å². The first kappa shape index (κ1) is 15.7. The molecule has 0 bridgehead atoms. The van der Waals surface area contributed by atoms with E-state index in [0.29, 0.717) is 11.6 Å². The molecular weight excluding hydrogens is 270 g/mol. The summed E-state index contributed by atoms with van der Waals surface area (Å²) in [5, 5.41) is 9.00. The lowest BCUT2D eigenvalue weighted by atomic mass is 10.2. The number of carbonyl (C=O) groups is 1. The van der Waals surface area contributed by atoms with Crippen molar-refractivity contribution >= 4 is 11.9 Å². The van der Waals surface area contributed by atoms with Crippen molar-refractivity contribution in [1.29, 1.82) is 0 Å². The largest absolute Gasteiger partial charge is 0.478 e. The number of aryl methyl sites for hydroxylation is 1. The number of hydrogen-bond donors (Lipinski definition) is 1. The lowest BCUT2D eigenvalue weighted by Gasteiger charge is -2.35. The topological polar surface area (TPSA) is 72.8 Å². The lowest BCUT2D eigenvalue weighted by molar-refractivity contribution is 0.0695. The predicted octanol–water partition coefficient (Wildman–Crippen LogP) is 0.167. The summed E-state index contributed by atoms with van der Waals surface area (Å²) in [6.07, 6.45) is 1.40. The summed E-state index contributed by atoms with van der Waals surface area (Å²) in [5.41, 5.74) is 0.686. The van der Waals surface area contributed by atoms with E-state index in [1.54, 1.807) is 6.92 Å². The van der Waals surface area contributed by atoms with E-state index in [2.05, 4.69) is 38.8 Å². The quantitative estimate of drug-likeness (QED) is 0.829. The highest BCUT2D eigenvalue weighted by molar-refractivity contribution is 5.88. The summed E-state index contributed by atoms with van der Waals surface area (Å²) in [7, 11) is 4.16. The number of nitrogens with zero attached hydrogens (tertiary/aromatic N) is 5. The molecule has 1 aromatic heterocycles. The highest BCUT2D eigenvalue weighted by atomic mass is 16.4. The number of aromatic carboxylic acids is 1. The van der Waals surface area contributed by atoms with Crippen LogP contribution in [0.3, 0.4) is 0 Å². The maximum Gasteiger partial charge on any atom is 0.339 e. The van der Waals surface area contributed by atoms with Crippen LogP contribution in [-0.4, -0.2) is 84.2 Å². The van der Waals surface area contributed by atoms with Crippen molar-refractivity contribution in [2.45, 2.75) is 6.92 Å². The first-order chi connectivity index (χ1) is 9.97. The third-order valence-electron chi connectivity index (χ3n) is 3.72. The molecule has 0 aromatic carbocycles. The molecule has 7 nitrogen and oxygen atoms in total. The number of likely N-dealkylation sites (N-methyl/N-ethyl adjacent to an activating group) is 1. The van der Waals surface area contributed by atoms with Crippen LogP contribution < -0.4 is 4.90 Å². The first-order valence-electron chi connectivity index (χ1n) is 7.16. The van der Waals surface area contributed by atoms with E-state index in [1.807, 2.05) is 0 Å². The molecule has 1 saturated heterocycles. The van der Waals surface area contributed by atoms with Crippen LogP contribution >= 0.6 is 0 Å². The number of hydrogen-bond acceptors (Lipinski definition) is 6. The summed E-state index contributed by atoms with van der Waals surface area (Å²) < 4.78 is 0. The van der Waals surface area contributed by atoms with Gasteiger partial charge in [0.15, 0.2) is 0 Å². The second-order valence-electron chi connectivity index (χ2n) is 5.61. The van der Waals surface area contributed by atoms with Crippen molar-refractivity contribution in [3.63, 3.8) is 0 Å². The van der Waals surface area contributed by atoms with E-state index in [0.717, 1.165) is 39.3 Å². The Morgan fingerprint density at radius 3 is 2.52 bits per heavy atom. The number of piperazine rings is 1. The molecule has 1 aromatic rings. The zero-order valence-corrected chi connectivity index (χ0v) is 12.9. The van der Waals surface area contributed by atoms with Crippen LogP contribution in [0.5, 0.6) is 0 Å². The fourth-order valence-corrected chi connectivity index (χ4v) is 2.33. The molecule has 0 unspecified atom stereocenters. The van der Waals surface area contributed by atoms with E-state index in [4.69, 9.17) is 5.11 Å². The minimum absolute atomic E-state index is 0.170. The van der Waals surface area contributed by atoms with Gasteiger partial charge >= 0.3 is 5.97 Å². The van der Waals surface area contributed by atoms with Crippen molar-refractivity contribution < 1.29 is 9.90 Å². The molecule has 0 atom stereocenters. The Balaban J connectivity index is 1.93. The standard InChI is InChI=1S/C14H23N5O2/c1-11-12(13(20)21)10-15-14(16-11)19-8-6-18(7-9-19)5-4-17(2)3/h10H,4-9H2,1-3H3,(H,20,21). The van der Waals surface area contributed by atoms with E-state index >= 15 is 0 Å². The Morgan fingerprint density at radius 1 is 1.33 bits per heavy atom. The van der Waals surface area contributed by atoms with E-state index < -0.39 is 5.97 Å². The smallest absolute Gasteiger partial charge is 0.339 e. The number of carboxylic acids is 1. The molecule has 7 heteroatoms. The van der Waals surface area contributed by atoms with Crippen LogP contribution in [0.2, 0.25) is 0 Å². The maximum atomic E-state index is 11.0. The molecular formula is C14H23N5O2. The van der Waals surface area contributed by atoms with Gasteiger partial charge in [-0.15, -0.1) is 0 Å². The van der Waals surface area contributed by atoms with Crippen LogP contribution in [0.15, 0.2) is 6.20 Å². The number of aromatic nitrogens is 2. The van der Waals surface area contributed by atoms with Crippen molar-refractivity contribution in [3.8, 4) is 0 Å². The van der Waals surface area contributed by atoms with Crippen LogP contribution in [0.4, 0.5) is 5.95 Å². The van der Waals surface area contributed by atoms with E-state index in [1.165, 1.54) is 6.20 Å². The third kappa shape index (κ3) is 4.12. The Labute approximate surface area is 125 Å². The highest BCUT2D eigenvalue weighted by Crippen LogP contribution is 2.13. The van der Waals surface area contributed by atoms with Crippen molar-refractivity contribution in [2.75, 3.05) is 58.3 Å². The van der Waals surface area contributed by atoms with Crippen LogP contribution in [-0.2, 0) is 0 Å².